The lowest BCUT2D eigenvalue weighted by Crippen LogP contribution is -2.15. The van der Waals surface area contributed by atoms with Gasteiger partial charge in [0, 0.05) is 17.6 Å². The van der Waals surface area contributed by atoms with Gasteiger partial charge >= 0.3 is 0 Å². The maximum atomic E-state index is 12.5. The number of methoxy groups -OCH3 is 2. The normalized spacial score (nSPS) is 10.7. The molecule has 8 nitrogen and oxygen atoms in total. The van der Waals surface area contributed by atoms with Crippen molar-refractivity contribution in [2.75, 3.05) is 25.3 Å². The Morgan fingerprint density at radius 1 is 1.09 bits per heavy atom. The van der Waals surface area contributed by atoms with Crippen LogP contribution in [0.2, 0.25) is 10.0 Å². The van der Waals surface area contributed by atoms with Crippen molar-refractivity contribution in [3.63, 3.8) is 0 Å². The smallest absolute Gasteiger partial charge is 0.234 e. The van der Waals surface area contributed by atoms with Crippen LogP contribution in [0.4, 0.5) is 5.69 Å². The van der Waals surface area contributed by atoms with Crippen molar-refractivity contribution < 1.29 is 19.0 Å². The van der Waals surface area contributed by atoms with Gasteiger partial charge in [-0.2, -0.15) is 0 Å². The van der Waals surface area contributed by atoms with E-state index in [1.165, 1.54) is 18.9 Å². The van der Waals surface area contributed by atoms with Gasteiger partial charge in [-0.1, -0.05) is 35.0 Å². The zero-order valence-electron chi connectivity index (χ0n) is 17.7. The summed E-state index contributed by atoms with van der Waals surface area (Å²) in [5.41, 5.74) is 0.560. The summed E-state index contributed by atoms with van der Waals surface area (Å²) in [6.45, 7) is 2.77. The third kappa shape index (κ3) is 5.99. The van der Waals surface area contributed by atoms with Gasteiger partial charge in [-0.3, -0.25) is 4.79 Å². The summed E-state index contributed by atoms with van der Waals surface area (Å²) in [7, 11) is 3.10. The van der Waals surface area contributed by atoms with Crippen LogP contribution in [-0.4, -0.2) is 40.6 Å². The molecule has 0 radical (unpaired) electrons. The van der Waals surface area contributed by atoms with Crippen molar-refractivity contribution in [1.29, 1.82) is 0 Å². The molecule has 1 heterocycles. The van der Waals surface area contributed by atoms with Crippen LogP contribution < -0.4 is 19.5 Å². The number of rotatable bonds is 10. The van der Waals surface area contributed by atoms with Gasteiger partial charge < -0.3 is 24.1 Å². The molecule has 0 spiro atoms. The lowest BCUT2D eigenvalue weighted by atomic mass is 10.2. The van der Waals surface area contributed by atoms with Gasteiger partial charge in [-0.15, -0.1) is 10.2 Å². The number of nitrogens with one attached hydrogen (secondary N) is 1. The van der Waals surface area contributed by atoms with Crippen LogP contribution in [0.15, 0.2) is 41.6 Å². The number of hydrogen-bond acceptors (Lipinski definition) is 7. The van der Waals surface area contributed by atoms with Crippen LogP contribution in [0.5, 0.6) is 17.2 Å². The van der Waals surface area contributed by atoms with Crippen molar-refractivity contribution in [3.05, 3.63) is 52.3 Å². The van der Waals surface area contributed by atoms with Gasteiger partial charge in [0.15, 0.2) is 11.0 Å². The third-order valence-corrected chi connectivity index (χ3v) is 5.87. The van der Waals surface area contributed by atoms with Crippen molar-refractivity contribution in [2.24, 2.45) is 0 Å². The Hall–Kier alpha value is -2.62. The Morgan fingerprint density at radius 3 is 2.59 bits per heavy atom. The number of ether oxygens (including phenoxy) is 3. The van der Waals surface area contributed by atoms with Gasteiger partial charge in [-0.25, -0.2) is 0 Å². The fraction of sp³-hybridized carbons (Fsp3) is 0.286. The molecule has 170 valence electrons. The Kier molecular flexibility index (Phi) is 8.49. The fourth-order valence-corrected chi connectivity index (χ4v) is 4.09. The monoisotopic (exact) mass is 496 g/mol. The number of nitrogens with zero attached hydrogens (tertiary/aromatic N) is 3. The van der Waals surface area contributed by atoms with E-state index in [2.05, 4.69) is 15.5 Å². The van der Waals surface area contributed by atoms with E-state index < -0.39 is 0 Å². The molecule has 1 N–H and O–H groups in total. The molecular weight excluding hydrogens is 475 g/mol. The number of thioether (sulfide) groups is 1. The van der Waals surface area contributed by atoms with E-state index in [0.717, 1.165) is 0 Å². The van der Waals surface area contributed by atoms with Crippen LogP contribution >= 0.6 is 35.0 Å². The predicted molar refractivity (Wildman–Crippen MR) is 125 cm³/mol. The first-order valence-electron chi connectivity index (χ1n) is 9.59. The zero-order chi connectivity index (χ0) is 23.1. The summed E-state index contributed by atoms with van der Waals surface area (Å²) in [6.07, 6.45) is 0. The van der Waals surface area contributed by atoms with E-state index in [-0.39, 0.29) is 18.3 Å². The molecule has 0 saturated heterocycles. The number of benzene rings is 2. The first-order valence-corrected chi connectivity index (χ1v) is 11.3. The van der Waals surface area contributed by atoms with Gasteiger partial charge in [0.2, 0.25) is 5.91 Å². The van der Waals surface area contributed by atoms with Gasteiger partial charge in [0.05, 0.1) is 30.7 Å². The average Bonchev–Trinajstić information content (AvgIpc) is 3.19. The highest BCUT2D eigenvalue weighted by molar-refractivity contribution is 7.99. The molecule has 1 amide bonds. The van der Waals surface area contributed by atoms with Gasteiger partial charge in [0.25, 0.3) is 0 Å². The van der Waals surface area contributed by atoms with E-state index in [9.17, 15) is 4.79 Å². The molecule has 0 aliphatic heterocycles. The molecule has 0 saturated carbocycles. The average molecular weight is 497 g/mol. The quantitative estimate of drug-likeness (QED) is 0.398. The predicted octanol–water partition coefficient (Wildman–Crippen LogP) is 4.93. The lowest BCUT2D eigenvalue weighted by Gasteiger charge is -2.12. The van der Waals surface area contributed by atoms with Crippen molar-refractivity contribution >= 4 is 46.6 Å². The number of halogens is 2. The molecule has 0 aliphatic carbocycles. The van der Waals surface area contributed by atoms with Crippen LogP contribution in [0.25, 0.3) is 0 Å². The molecular formula is C21H22Cl2N4O4S. The van der Waals surface area contributed by atoms with Crippen molar-refractivity contribution in [2.45, 2.75) is 25.2 Å². The summed E-state index contributed by atoms with van der Waals surface area (Å²) >= 11 is 13.3. The summed E-state index contributed by atoms with van der Waals surface area (Å²) in [5, 5.41) is 12.8. The SMILES string of the molecule is CCn1c(COc2ccc(Cl)cc2Cl)nnc1SCC(=O)Nc1ccc(OC)cc1OC. The van der Waals surface area contributed by atoms with Gasteiger partial charge in [-0.05, 0) is 37.3 Å². The largest absolute Gasteiger partial charge is 0.497 e. The number of hydrogen-bond donors (Lipinski definition) is 1. The highest BCUT2D eigenvalue weighted by Crippen LogP contribution is 2.30. The second kappa shape index (κ2) is 11.3. The van der Waals surface area contributed by atoms with Crippen LogP contribution in [-0.2, 0) is 17.9 Å². The standard InChI is InChI=1S/C21H22Cl2N4O4S/c1-4-27-19(11-31-17-8-5-13(22)9-15(17)23)25-26-21(27)32-12-20(28)24-16-7-6-14(29-2)10-18(16)30-3/h5-10H,4,11-12H2,1-3H3,(H,24,28). The topological polar surface area (TPSA) is 87.5 Å². The Balaban J connectivity index is 1.61. The minimum atomic E-state index is -0.199. The van der Waals surface area contributed by atoms with E-state index >= 15 is 0 Å². The van der Waals surface area contributed by atoms with E-state index in [4.69, 9.17) is 37.4 Å². The number of carbonyl (C=O) groups is 1. The molecule has 2 aromatic carbocycles. The zero-order valence-corrected chi connectivity index (χ0v) is 20.1. The van der Waals surface area contributed by atoms with Crippen LogP contribution in [0.1, 0.15) is 12.7 Å². The molecule has 32 heavy (non-hydrogen) atoms. The number of carbonyl (C=O) groups excluding carboxylic acids is 1. The molecule has 3 aromatic rings. The molecule has 3 rings (SSSR count). The minimum Gasteiger partial charge on any atom is -0.497 e. The summed E-state index contributed by atoms with van der Waals surface area (Å²) < 4.78 is 18.1. The van der Waals surface area contributed by atoms with Crippen molar-refractivity contribution in [1.82, 2.24) is 14.8 Å². The summed E-state index contributed by atoms with van der Waals surface area (Å²) in [6, 6.07) is 10.2. The summed E-state index contributed by atoms with van der Waals surface area (Å²) in [4.78, 5) is 12.5. The Bertz CT molecular complexity index is 1090. The molecule has 0 atom stereocenters. The fourth-order valence-electron chi connectivity index (χ4n) is 2.80. The Morgan fingerprint density at radius 2 is 1.91 bits per heavy atom. The second-order valence-corrected chi connectivity index (χ2v) is 8.20. The van der Waals surface area contributed by atoms with E-state index in [1.807, 2.05) is 11.5 Å². The van der Waals surface area contributed by atoms with E-state index in [0.29, 0.717) is 50.5 Å². The highest BCUT2D eigenvalue weighted by Gasteiger charge is 2.15. The third-order valence-electron chi connectivity index (χ3n) is 4.38. The molecule has 0 unspecified atom stereocenters. The first kappa shape index (κ1) is 24.0. The number of amides is 1. The lowest BCUT2D eigenvalue weighted by molar-refractivity contribution is -0.113. The molecule has 0 aliphatic rings. The summed E-state index contributed by atoms with van der Waals surface area (Å²) in [5.74, 6) is 2.23. The van der Waals surface area contributed by atoms with Gasteiger partial charge in [0.1, 0.15) is 23.9 Å². The molecule has 11 heteroatoms. The maximum absolute atomic E-state index is 12.5. The number of aromatic nitrogens is 3. The molecule has 1 aromatic heterocycles. The minimum absolute atomic E-state index is 0.150. The highest BCUT2D eigenvalue weighted by atomic mass is 35.5. The van der Waals surface area contributed by atoms with Crippen LogP contribution in [0, 0.1) is 0 Å². The number of anilines is 1. The first-order chi connectivity index (χ1) is 15.4. The molecule has 0 bridgehead atoms. The van der Waals surface area contributed by atoms with E-state index in [1.54, 1.807) is 43.5 Å². The van der Waals surface area contributed by atoms with Crippen LogP contribution in [0.3, 0.4) is 0 Å². The van der Waals surface area contributed by atoms with Crippen molar-refractivity contribution in [3.8, 4) is 17.2 Å². The Labute approximate surface area is 200 Å². The second-order valence-electron chi connectivity index (χ2n) is 6.41. The molecule has 0 fully saturated rings. The maximum Gasteiger partial charge on any atom is 0.234 e.